The van der Waals surface area contributed by atoms with E-state index < -0.39 is 0 Å². The summed E-state index contributed by atoms with van der Waals surface area (Å²) >= 11 is 0. The van der Waals surface area contributed by atoms with Gasteiger partial charge in [0.15, 0.2) is 0 Å². The van der Waals surface area contributed by atoms with Gasteiger partial charge in [0.2, 0.25) is 5.88 Å². The Morgan fingerprint density at radius 2 is 1.48 bits per heavy atom. The SMILES string of the molecule is Cc1cc(C)cc(NC(=O)Nc2ccc(Oc3cc(-n4cccc4)nc(C)n3)cc2)c1. The van der Waals surface area contributed by atoms with Crippen LogP contribution < -0.4 is 15.4 Å². The van der Waals surface area contributed by atoms with Crippen LogP contribution in [0.15, 0.2) is 73.1 Å². The fourth-order valence-corrected chi connectivity index (χ4v) is 3.26. The van der Waals surface area contributed by atoms with Gasteiger partial charge < -0.3 is 19.9 Å². The molecule has 0 aliphatic rings. The number of amides is 2. The second kappa shape index (κ2) is 8.71. The maximum atomic E-state index is 12.3. The van der Waals surface area contributed by atoms with Gasteiger partial charge >= 0.3 is 6.03 Å². The van der Waals surface area contributed by atoms with Crippen LogP contribution in [0.3, 0.4) is 0 Å². The first-order valence-electron chi connectivity index (χ1n) is 9.88. The number of aryl methyl sites for hydroxylation is 3. The molecule has 0 aliphatic heterocycles. The number of hydrogen-bond acceptors (Lipinski definition) is 4. The quantitative estimate of drug-likeness (QED) is 0.444. The van der Waals surface area contributed by atoms with Gasteiger partial charge in [-0.15, -0.1) is 0 Å². The van der Waals surface area contributed by atoms with Gasteiger partial charge in [-0.25, -0.2) is 9.78 Å². The van der Waals surface area contributed by atoms with Gasteiger partial charge in [-0.3, -0.25) is 0 Å². The molecule has 0 saturated carbocycles. The fraction of sp³-hybridized carbons (Fsp3) is 0.125. The first-order chi connectivity index (χ1) is 14.9. The molecule has 4 aromatic rings. The van der Waals surface area contributed by atoms with Crippen molar-refractivity contribution in [2.75, 3.05) is 10.6 Å². The second-order valence-electron chi connectivity index (χ2n) is 7.28. The van der Waals surface area contributed by atoms with Crippen molar-refractivity contribution >= 4 is 17.4 Å². The van der Waals surface area contributed by atoms with Gasteiger partial charge in [0, 0.05) is 29.8 Å². The Kier molecular flexibility index (Phi) is 5.66. The molecule has 156 valence electrons. The van der Waals surface area contributed by atoms with Crippen LogP contribution in [-0.4, -0.2) is 20.6 Å². The third kappa shape index (κ3) is 5.27. The smallest absolute Gasteiger partial charge is 0.323 e. The van der Waals surface area contributed by atoms with Crippen LogP contribution in [-0.2, 0) is 0 Å². The number of rotatable bonds is 5. The number of urea groups is 1. The molecule has 0 aliphatic carbocycles. The molecule has 2 heterocycles. The van der Waals surface area contributed by atoms with Crippen molar-refractivity contribution in [2.45, 2.75) is 20.8 Å². The molecule has 2 aromatic carbocycles. The van der Waals surface area contributed by atoms with Crippen LogP contribution in [0.1, 0.15) is 17.0 Å². The van der Waals surface area contributed by atoms with Crippen molar-refractivity contribution in [3.63, 3.8) is 0 Å². The zero-order valence-corrected chi connectivity index (χ0v) is 17.6. The molecule has 0 spiro atoms. The molecular formula is C24H23N5O2. The summed E-state index contributed by atoms with van der Waals surface area (Å²) in [4.78, 5) is 21.1. The lowest BCUT2D eigenvalue weighted by Crippen LogP contribution is -2.19. The van der Waals surface area contributed by atoms with Crippen LogP contribution in [0, 0.1) is 20.8 Å². The molecule has 2 amide bonds. The highest BCUT2D eigenvalue weighted by atomic mass is 16.5. The van der Waals surface area contributed by atoms with Crippen molar-refractivity contribution in [1.29, 1.82) is 0 Å². The Hall–Kier alpha value is -4.13. The number of nitrogens with zero attached hydrogens (tertiary/aromatic N) is 3. The monoisotopic (exact) mass is 413 g/mol. The predicted octanol–water partition coefficient (Wildman–Crippen LogP) is 5.63. The summed E-state index contributed by atoms with van der Waals surface area (Å²) in [5, 5.41) is 5.67. The molecule has 0 unspecified atom stereocenters. The number of benzene rings is 2. The topological polar surface area (TPSA) is 81.1 Å². The average Bonchev–Trinajstić information content (AvgIpc) is 3.23. The predicted molar refractivity (Wildman–Crippen MR) is 121 cm³/mol. The van der Waals surface area contributed by atoms with E-state index in [1.807, 2.05) is 62.0 Å². The summed E-state index contributed by atoms with van der Waals surface area (Å²) in [6.07, 6.45) is 3.82. The molecule has 0 fully saturated rings. The lowest BCUT2D eigenvalue weighted by atomic mass is 10.1. The summed E-state index contributed by atoms with van der Waals surface area (Å²) in [6.45, 7) is 5.81. The number of ether oxygens (including phenoxy) is 1. The highest BCUT2D eigenvalue weighted by molar-refractivity contribution is 5.99. The summed E-state index contributed by atoms with van der Waals surface area (Å²) in [6, 6.07) is 18.3. The van der Waals surface area contributed by atoms with Gasteiger partial charge in [-0.1, -0.05) is 6.07 Å². The van der Waals surface area contributed by atoms with Crippen LogP contribution in [0.5, 0.6) is 11.6 Å². The zero-order chi connectivity index (χ0) is 21.8. The average molecular weight is 413 g/mol. The summed E-state index contributed by atoms with van der Waals surface area (Å²) < 4.78 is 7.78. The standard InChI is InChI=1S/C24H23N5O2/c1-16-12-17(2)14-20(13-16)28-24(30)27-19-6-8-21(9-7-19)31-23-15-22(25-18(3)26-23)29-10-4-5-11-29/h4-15H,1-3H3,(H2,27,28,30). The first-order valence-corrected chi connectivity index (χ1v) is 9.88. The minimum atomic E-state index is -0.304. The van der Waals surface area contributed by atoms with E-state index in [2.05, 4.69) is 26.7 Å². The number of carbonyl (C=O) groups is 1. The van der Waals surface area contributed by atoms with Gasteiger partial charge in [-0.05, 0) is 80.4 Å². The summed E-state index contributed by atoms with van der Waals surface area (Å²) in [7, 11) is 0. The Morgan fingerprint density at radius 3 is 2.16 bits per heavy atom. The van der Waals surface area contributed by atoms with E-state index in [0.29, 0.717) is 23.1 Å². The molecule has 7 nitrogen and oxygen atoms in total. The number of anilines is 2. The molecule has 0 saturated heterocycles. The highest BCUT2D eigenvalue weighted by Gasteiger charge is 2.07. The van der Waals surface area contributed by atoms with Crippen LogP contribution in [0.25, 0.3) is 5.82 Å². The molecular weight excluding hydrogens is 390 g/mol. The number of nitrogens with one attached hydrogen (secondary N) is 2. The number of hydrogen-bond donors (Lipinski definition) is 2. The summed E-state index contributed by atoms with van der Waals surface area (Å²) in [5.74, 6) is 2.40. The third-order valence-electron chi connectivity index (χ3n) is 4.48. The van der Waals surface area contributed by atoms with Gasteiger partial charge in [-0.2, -0.15) is 4.98 Å². The molecule has 7 heteroatoms. The zero-order valence-electron chi connectivity index (χ0n) is 17.6. The Bertz CT molecular complexity index is 1180. The largest absolute Gasteiger partial charge is 0.439 e. The van der Waals surface area contributed by atoms with E-state index in [4.69, 9.17) is 4.74 Å². The molecule has 31 heavy (non-hydrogen) atoms. The van der Waals surface area contributed by atoms with Crippen molar-refractivity contribution in [1.82, 2.24) is 14.5 Å². The molecule has 0 atom stereocenters. The Balaban J connectivity index is 1.41. The molecule has 0 radical (unpaired) electrons. The van der Waals surface area contributed by atoms with Gasteiger partial charge in [0.05, 0.1) is 0 Å². The van der Waals surface area contributed by atoms with E-state index in [9.17, 15) is 4.79 Å². The minimum Gasteiger partial charge on any atom is -0.439 e. The van der Waals surface area contributed by atoms with E-state index in [1.165, 1.54) is 0 Å². The third-order valence-corrected chi connectivity index (χ3v) is 4.48. The molecule has 0 bridgehead atoms. The van der Waals surface area contributed by atoms with E-state index >= 15 is 0 Å². The Morgan fingerprint density at radius 1 is 0.839 bits per heavy atom. The van der Waals surface area contributed by atoms with Crippen LogP contribution in [0.4, 0.5) is 16.2 Å². The number of carbonyl (C=O) groups excluding carboxylic acids is 1. The van der Waals surface area contributed by atoms with Crippen molar-refractivity contribution in [3.05, 3.63) is 90.0 Å². The lowest BCUT2D eigenvalue weighted by molar-refractivity contribution is 0.262. The molecule has 2 N–H and O–H groups in total. The maximum Gasteiger partial charge on any atom is 0.323 e. The van der Waals surface area contributed by atoms with Crippen molar-refractivity contribution in [2.24, 2.45) is 0 Å². The normalized spacial score (nSPS) is 10.5. The fourth-order valence-electron chi connectivity index (χ4n) is 3.26. The lowest BCUT2D eigenvalue weighted by Gasteiger charge is -2.11. The summed E-state index contributed by atoms with van der Waals surface area (Å²) in [5.41, 5.74) is 3.60. The molecule has 2 aromatic heterocycles. The van der Waals surface area contributed by atoms with Gasteiger partial charge in [0.1, 0.15) is 17.4 Å². The maximum absolute atomic E-state index is 12.3. The second-order valence-corrected chi connectivity index (χ2v) is 7.28. The van der Waals surface area contributed by atoms with Gasteiger partial charge in [0.25, 0.3) is 0 Å². The van der Waals surface area contributed by atoms with Crippen LogP contribution >= 0.6 is 0 Å². The minimum absolute atomic E-state index is 0.304. The van der Waals surface area contributed by atoms with Crippen molar-refractivity contribution < 1.29 is 9.53 Å². The van der Waals surface area contributed by atoms with E-state index in [0.717, 1.165) is 22.6 Å². The first kappa shape index (κ1) is 20.2. The van der Waals surface area contributed by atoms with E-state index in [1.54, 1.807) is 30.3 Å². The highest BCUT2D eigenvalue weighted by Crippen LogP contribution is 2.23. The number of aromatic nitrogens is 3. The van der Waals surface area contributed by atoms with Crippen LogP contribution in [0.2, 0.25) is 0 Å². The van der Waals surface area contributed by atoms with Crippen molar-refractivity contribution in [3.8, 4) is 17.4 Å². The Labute approximate surface area is 180 Å². The molecule has 4 rings (SSSR count). The van der Waals surface area contributed by atoms with E-state index in [-0.39, 0.29) is 6.03 Å².